The van der Waals surface area contributed by atoms with Crippen LogP contribution in [0.25, 0.3) is 0 Å². The first-order valence-electron chi connectivity index (χ1n) is 6.25. The van der Waals surface area contributed by atoms with Crippen molar-refractivity contribution in [3.05, 3.63) is 34.6 Å². The SMILES string of the molecule is NC(CCN(Cc1c(F)cccc1Cl)C1CC1)=NO. The maximum Gasteiger partial charge on any atom is 0.140 e. The first kappa shape index (κ1) is 14.1. The molecular formula is C13H17ClFN3O. The van der Waals surface area contributed by atoms with Crippen LogP contribution < -0.4 is 5.73 Å². The van der Waals surface area contributed by atoms with Gasteiger partial charge in [0, 0.05) is 36.1 Å². The third kappa shape index (κ3) is 3.81. The lowest BCUT2D eigenvalue weighted by Crippen LogP contribution is -2.30. The third-order valence-electron chi connectivity index (χ3n) is 3.27. The van der Waals surface area contributed by atoms with E-state index in [-0.39, 0.29) is 11.7 Å². The lowest BCUT2D eigenvalue weighted by atomic mass is 10.2. The molecule has 0 aromatic heterocycles. The zero-order valence-electron chi connectivity index (χ0n) is 10.5. The van der Waals surface area contributed by atoms with Crippen molar-refractivity contribution in [1.29, 1.82) is 0 Å². The fourth-order valence-electron chi connectivity index (χ4n) is 2.03. The molecule has 1 aliphatic carbocycles. The Balaban J connectivity index is 2.04. The summed E-state index contributed by atoms with van der Waals surface area (Å²) in [6.07, 6.45) is 2.66. The molecule has 0 atom stereocenters. The lowest BCUT2D eigenvalue weighted by Gasteiger charge is -2.22. The van der Waals surface area contributed by atoms with Crippen molar-refractivity contribution >= 4 is 17.4 Å². The number of amidine groups is 1. The highest BCUT2D eigenvalue weighted by atomic mass is 35.5. The van der Waals surface area contributed by atoms with Crippen LogP contribution in [0.5, 0.6) is 0 Å². The Hall–Kier alpha value is -1.33. The Bertz CT molecular complexity index is 457. The highest BCUT2D eigenvalue weighted by Gasteiger charge is 2.29. The predicted octanol–water partition coefficient (Wildman–Crippen LogP) is 2.58. The highest BCUT2D eigenvalue weighted by molar-refractivity contribution is 6.31. The van der Waals surface area contributed by atoms with E-state index in [0.29, 0.717) is 36.1 Å². The zero-order valence-corrected chi connectivity index (χ0v) is 11.3. The van der Waals surface area contributed by atoms with Crippen molar-refractivity contribution in [1.82, 2.24) is 4.90 Å². The second-order valence-electron chi connectivity index (χ2n) is 4.74. The molecule has 0 amide bonds. The summed E-state index contributed by atoms with van der Waals surface area (Å²) >= 11 is 6.03. The van der Waals surface area contributed by atoms with Crippen LogP contribution in [0.15, 0.2) is 23.4 Å². The maximum absolute atomic E-state index is 13.8. The van der Waals surface area contributed by atoms with E-state index in [1.54, 1.807) is 12.1 Å². The average Bonchev–Trinajstić information content (AvgIpc) is 3.21. The van der Waals surface area contributed by atoms with E-state index in [0.717, 1.165) is 12.8 Å². The van der Waals surface area contributed by atoms with Gasteiger partial charge in [0.1, 0.15) is 11.7 Å². The number of halogens is 2. The second-order valence-corrected chi connectivity index (χ2v) is 5.15. The Morgan fingerprint density at radius 1 is 1.53 bits per heavy atom. The van der Waals surface area contributed by atoms with Crippen LogP contribution in [0, 0.1) is 5.82 Å². The van der Waals surface area contributed by atoms with E-state index in [9.17, 15) is 4.39 Å². The Morgan fingerprint density at radius 3 is 2.84 bits per heavy atom. The van der Waals surface area contributed by atoms with E-state index < -0.39 is 0 Å². The summed E-state index contributed by atoms with van der Waals surface area (Å²) in [5.74, 6) is -0.104. The quantitative estimate of drug-likeness (QED) is 0.365. The molecule has 0 bridgehead atoms. The Morgan fingerprint density at radius 2 is 2.26 bits per heavy atom. The minimum Gasteiger partial charge on any atom is -0.409 e. The summed E-state index contributed by atoms with van der Waals surface area (Å²) in [6.45, 7) is 1.08. The fourth-order valence-corrected chi connectivity index (χ4v) is 2.25. The predicted molar refractivity (Wildman–Crippen MR) is 72.9 cm³/mol. The molecule has 0 radical (unpaired) electrons. The number of oxime groups is 1. The molecule has 4 nitrogen and oxygen atoms in total. The molecule has 1 fully saturated rings. The van der Waals surface area contributed by atoms with Crippen molar-refractivity contribution in [3.63, 3.8) is 0 Å². The minimum atomic E-state index is -0.290. The second kappa shape index (κ2) is 6.21. The van der Waals surface area contributed by atoms with Crippen molar-refractivity contribution < 1.29 is 9.60 Å². The largest absolute Gasteiger partial charge is 0.409 e. The first-order chi connectivity index (χ1) is 9.11. The van der Waals surface area contributed by atoms with Gasteiger partial charge in [-0.3, -0.25) is 4.90 Å². The normalized spacial score (nSPS) is 16.1. The van der Waals surface area contributed by atoms with Crippen molar-refractivity contribution in [2.75, 3.05) is 6.54 Å². The fraction of sp³-hybridized carbons (Fsp3) is 0.462. The molecular weight excluding hydrogens is 269 g/mol. The highest BCUT2D eigenvalue weighted by Crippen LogP contribution is 2.30. The maximum atomic E-state index is 13.8. The Labute approximate surface area is 116 Å². The van der Waals surface area contributed by atoms with E-state index >= 15 is 0 Å². The number of nitrogens with two attached hydrogens (primary N) is 1. The van der Waals surface area contributed by atoms with Crippen molar-refractivity contribution in [3.8, 4) is 0 Å². The van der Waals surface area contributed by atoms with Gasteiger partial charge in [-0.05, 0) is 25.0 Å². The van der Waals surface area contributed by atoms with Crippen LogP contribution in [0.2, 0.25) is 5.02 Å². The topological polar surface area (TPSA) is 61.8 Å². The minimum absolute atomic E-state index is 0.185. The standard InChI is InChI=1S/C13H17ClFN3O/c14-11-2-1-3-12(15)10(11)8-18(9-4-5-9)7-6-13(16)17-19/h1-3,9,19H,4-8H2,(H2,16,17). The van der Waals surface area contributed by atoms with Crippen LogP contribution >= 0.6 is 11.6 Å². The molecule has 1 aliphatic rings. The lowest BCUT2D eigenvalue weighted by molar-refractivity contribution is 0.256. The van der Waals surface area contributed by atoms with Gasteiger partial charge in [-0.2, -0.15) is 0 Å². The summed E-state index contributed by atoms with van der Waals surface area (Å²) in [6, 6.07) is 5.14. The van der Waals surface area contributed by atoms with Crippen molar-refractivity contribution in [2.45, 2.75) is 31.8 Å². The number of nitrogens with zero attached hydrogens (tertiary/aromatic N) is 2. The Kier molecular flexibility index (Phi) is 4.61. The summed E-state index contributed by atoms with van der Waals surface area (Å²) in [4.78, 5) is 2.13. The molecule has 1 aromatic carbocycles. The molecule has 6 heteroatoms. The smallest absolute Gasteiger partial charge is 0.140 e. The molecule has 0 spiro atoms. The first-order valence-corrected chi connectivity index (χ1v) is 6.63. The third-order valence-corrected chi connectivity index (χ3v) is 3.62. The van der Waals surface area contributed by atoms with Gasteiger partial charge >= 0.3 is 0 Å². The molecule has 19 heavy (non-hydrogen) atoms. The summed E-state index contributed by atoms with van der Waals surface area (Å²) in [5.41, 5.74) is 5.98. The van der Waals surface area contributed by atoms with E-state index in [1.807, 2.05) is 0 Å². The van der Waals surface area contributed by atoms with Gasteiger partial charge in [0.25, 0.3) is 0 Å². The number of hydrogen-bond donors (Lipinski definition) is 2. The molecule has 0 aliphatic heterocycles. The molecule has 3 N–H and O–H groups in total. The van der Waals surface area contributed by atoms with Crippen LogP contribution in [0.1, 0.15) is 24.8 Å². The van der Waals surface area contributed by atoms with Crippen LogP contribution in [0.4, 0.5) is 4.39 Å². The van der Waals surface area contributed by atoms with Gasteiger partial charge in [-0.1, -0.05) is 22.8 Å². The van der Waals surface area contributed by atoms with E-state index in [2.05, 4.69) is 10.1 Å². The number of hydrogen-bond acceptors (Lipinski definition) is 3. The monoisotopic (exact) mass is 285 g/mol. The van der Waals surface area contributed by atoms with Crippen LogP contribution in [0.3, 0.4) is 0 Å². The van der Waals surface area contributed by atoms with Gasteiger partial charge in [-0.25, -0.2) is 4.39 Å². The summed E-state index contributed by atoms with van der Waals surface area (Å²) in [5, 5.41) is 11.9. The van der Waals surface area contributed by atoms with Gasteiger partial charge in [0.2, 0.25) is 0 Å². The summed E-state index contributed by atoms with van der Waals surface area (Å²) < 4.78 is 13.8. The number of benzene rings is 1. The molecule has 1 saturated carbocycles. The molecule has 104 valence electrons. The van der Waals surface area contributed by atoms with E-state index in [1.165, 1.54) is 6.07 Å². The van der Waals surface area contributed by atoms with Gasteiger partial charge < -0.3 is 10.9 Å². The van der Waals surface area contributed by atoms with Gasteiger partial charge in [-0.15, -0.1) is 0 Å². The zero-order chi connectivity index (χ0) is 13.8. The average molecular weight is 286 g/mol. The van der Waals surface area contributed by atoms with Gasteiger partial charge in [0.05, 0.1) is 0 Å². The van der Waals surface area contributed by atoms with Crippen molar-refractivity contribution in [2.24, 2.45) is 10.9 Å². The van der Waals surface area contributed by atoms with Gasteiger partial charge in [0.15, 0.2) is 0 Å². The molecule has 1 aromatic rings. The van der Waals surface area contributed by atoms with Crippen LogP contribution in [-0.4, -0.2) is 28.5 Å². The summed E-state index contributed by atoms with van der Waals surface area (Å²) in [7, 11) is 0. The number of rotatable bonds is 6. The van der Waals surface area contributed by atoms with E-state index in [4.69, 9.17) is 22.5 Å². The molecule has 0 unspecified atom stereocenters. The molecule has 0 saturated heterocycles. The molecule has 2 rings (SSSR count). The van der Waals surface area contributed by atoms with Crippen LogP contribution in [-0.2, 0) is 6.54 Å². The molecule has 0 heterocycles.